The lowest BCUT2D eigenvalue weighted by molar-refractivity contribution is 0.0728. The van der Waals surface area contributed by atoms with Gasteiger partial charge in [0.25, 0.3) is 0 Å². The number of pyridine rings is 1. The summed E-state index contributed by atoms with van der Waals surface area (Å²) in [4.78, 5) is 26.1. The number of benzene rings is 1. The summed E-state index contributed by atoms with van der Waals surface area (Å²) < 4.78 is 17.8. The first-order chi connectivity index (χ1) is 9.10. The molecule has 0 atom stereocenters. The Balaban J connectivity index is 2.22. The second kappa shape index (κ2) is 5.58. The van der Waals surface area contributed by atoms with Crippen LogP contribution in [0.2, 0.25) is 5.02 Å². The monoisotopic (exact) mass is 279 g/mol. The number of ether oxygens (including phenoxy) is 1. The van der Waals surface area contributed by atoms with Gasteiger partial charge in [0.05, 0.1) is 5.02 Å². The maximum absolute atomic E-state index is 12.8. The Labute approximate surface area is 112 Å². The highest BCUT2D eigenvalue weighted by Crippen LogP contribution is 2.25. The Bertz CT molecular complexity index is 646. The van der Waals surface area contributed by atoms with E-state index in [0.29, 0.717) is 6.29 Å². The molecular weight excluding hydrogens is 273 g/mol. The highest BCUT2D eigenvalue weighted by atomic mass is 35.5. The van der Waals surface area contributed by atoms with Crippen molar-refractivity contribution >= 4 is 23.9 Å². The van der Waals surface area contributed by atoms with Gasteiger partial charge in [0, 0.05) is 0 Å². The first-order valence-electron chi connectivity index (χ1n) is 5.19. The molecule has 96 valence electrons. The average Bonchev–Trinajstić information content (AvgIpc) is 2.42. The third-order valence-electron chi connectivity index (χ3n) is 2.20. The standard InChI is InChI=1S/C13H7ClFNO3/c14-10-6-8(15)4-5-12(10)19-13(18)11-3-1-2-9(7-17)16-11/h1-7H. The van der Waals surface area contributed by atoms with Crippen LogP contribution in [0.4, 0.5) is 4.39 Å². The molecule has 0 saturated heterocycles. The van der Waals surface area contributed by atoms with E-state index in [-0.39, 0.29) is 22.2 Å². The van der Waals surface area contributed by atoms with Crippen LogP contribution < -0.4 is 4.74 Å². The molecule has 1 aromatic heterocycles. The van der Waals surface area contributed by atoms with Crippen molar-refractivity contribution in [3.8, 4) is 5.75 Å². The van der Waals surface area contributed by atoms with Gasteiger partial charge in [-0.15, -0.1) is 0 Å². The van der Waals surface area contributed by atoms with Crippen molar-refractivity contribution in [1.82, 2.24) is 4.98 Å². The van der Waals surface area contributed by atoms with Gasteiger partial charge in [-0.05, 0) is 30.3 Å². The topological polar surface area (TPSA) is 56.3 Å². The molecule has 0 amide bonds. The fourth-order valence-corrected chi connectivity index (χ4v) is 1.55. The summed E-state index contributed by atoms with van der Waals surface area (Å²) in [5.41, 5.74) is 0.0737. The molecule has 2 rings (SSSR count). The molecule has 19 heavy (non-hydrogen) atoms. The van der Waals surface area contributed by atoms with Crippen LogP contribution in [-0.4, -0.2) is 17.2 Å². The largest absolute Gasteiger partial charge is 0.420 e. The molecule has 0 bridgehead atoms. The zero-order chi connectivity index (χ0) is 13.8. The predicted molar refractivity (Wildman–Crippen MR) is 66.0 cm³/mol. The van der Waals surface area contributed by atoms with E-state index in [2.05, 4.69) is 4.98 Å². The number of aromatic nitrogens is 1. The molecule has 1 aromatic carbocycles. The van der Waals surface area contributed by atoms with Crippen LogP contribution in [0.3, 0.4) is 0 Å². The van der Waals surface area contributed by atoms with Crippen LogP contribution >= 0.6 is 11.6 Å². The van der Waals surface area contributed by atoms with Crippen molar-refractivity contribution in [2.24, 2.45) is 0 Å². The first kappa shape index (κ1) is 13.2. The van der Waals surface area contributed by atoms with Crippen LogP contribution in [0.5, 0.6) is 5.75 Å². The first-order valence-corrected chi connectivity index (χ1v) is 5.57. The molecule has 0 aliphatic heterocycles. The third kappa shape index (κ3) is 3.14. The quantitative estimate of drug-likeness (QED) is 0.492. The summed E-state index contributed by atoms with van der Waals surface area (Å²) in [6, 6.07) is 7.73. The summed E-state index contributed by atoms with van der Waals surface area (Å²) >= 11 is 5.73. The maximum atomic E-state index is 12.8. The van der Waals surface area contributed by atoms with Gasteiger partial charge in [0.2, 0.25) is 0 Å². The van der Waals surface area contributed by atoms with Gasteiger partial charge in [-0.25, -0.2) is 14.2 Å². The Kier molecular flexibility index (Phi) is 3.87. The number of aldehydes is 1. The van der Waals surface area contributed by atoms with Crippen molar-refractivity contribution < 1.29 is 18.7 Å². The van der Waals surface area contributed by atoms with Crippen molar-refractivity contribution in [1.29, 1.82) is 0 Å². The van der Waals surface area contributed by atoms with Gasteiger partial charge in [0.15, 0.2) is 6.29 Å². The summed E-state index contributed by atoms with van der Waals surface area (Å²) in [6.07, 6.45) is 0.516. The zero-order valence-corrected chi connectivity index (χ0v) is 10.2. The minimum absolute atomic E-state index is 0.0198. The van der Waals surface area contributed by atoms with E-state index >= 15 is 0 Å². The van der Waals surface area contributed by atoms with Crippen molar-refractivity contribution in [3.63, 3.8) is 0 Å². The molecule has 0 fully saturated rings. The minimum Gasteiger partial charge on any atom is -0.420 e. The lowest BCUT2D eigenvalue weighted by atomic mass is 10.3. The van der Waals surface area contributed by atoms with Gasteiger partial charge in [-0.1, -0.05) is 17.7 Å². The van der Waals surface area contributed by atoms with Gasteiger partial charge >= 0.3 is 5.97 Å². The van der Waals surface area contributed by atoms with Crippen molar-refractivity contribution in [3.05, 3.63) is 58.6 Å². The smallest absolute Gasteiger partial charge is 0.362 e. The van der Waals surface area contributed by atoms with Crippen molar-refractivity contribution in [2.75, 3.05) is 0 Å². The molecule has 0 saturated carbocycles. The Morgan fingerprint density at radius 2 is 2.11 bits per heavy atom. The predicted octanol–water partition coefficient (Wildman–Crippen LogP) is 2.91. The van der Waals surface area contributed by atoms with E-state index in [1.165, 1.54) is 24.3 Å². The number of halogens is 2. The third-order valence-corrected chi connectivity index (χ3v) is 2.49. The fourth-order valence-electron chi connectivity index (χ4n) is 1.34. The van der Waals surface area contributed by atoms with Gasteiger partial charge in [-0.3, -0.25) is 4.79 Å². The summed E-state index contributed by atoms with van der Waals surface area (Å²) in [7, 11) is 0. The molecule has 2 aromatic rings. The molecule has 0 N–H and O–H groups in total. The van der Waals surface area contributed by atoms with Crippen LogP contribution in [0.1, 0.15) is 21.0 Å². The van der Waals surface area contributed by atoms with E-state index in [4.69, 9.17) is 16.3 Å². The average molecular weight is 280 g/mol. The number of rotatable bonds is 3. The molecule has 0 unspecified atom stereocenters. The highest BCUT2D eigenvalue weighted by molar-refractivity contribution is 6.32. The van der Waals surface area contributed by atoms with Crippen LogP contribution in [0, 0.1) is 5.82 Å². The lowest BCUT2D eigenvalue weighted by Crippen LogP contribution is -2.11. The number of carbonyl (C=O) groups is 2. The Morgan fingerprint density at radius 3 is 2.79 bits per heavy atom. The van der Waals surface area contributed by atoms with E-state index in [1.807, 2.05) is 0 Å². The van der Waals surface area contributed by atoms with E-state index in [9.17, 15) is 14.0 Å². The van der Waals surface area contributed by atoms with Crippen LogP contribution in [0.15, 0.2) is 36.4 Å². The molecule has 0 aliphatic rings. The lowest BCUT2D eigenvalue weighted by Gasteiger charge is -2.05. The van der Waals surface area contributed by atoms with Gasteiger partial charge in [-0.2, -0.15) is 0 Å². The number of hydrogen-bond acceptors (Lipinski definition) is 4. The zero-order valence-electron chi connectivity index (χ0n) is 9.47. The van der Waals surface area contributed by atoms with Crippen LogP contribution in [-0.2, 0) is 0 Å². The highest BCUT2D eigenvalue weighted by Gasteiger charge is 2.13. The number of esters is 1. The number of hydrogen-bond donors (Lipinski definition) is 0. The maximum Gasteiger partial charge on any atom is 0.362 e. The van der Waals surface area contributed by atoms with Gasteiger partial charge < -0.3 is 4.74 Å². The second-order valence-electron chi connectivity index (χ2n) is 3.53. The molecular formula is C13H7ClFNO3. The number of nitrogens with zero attached hydrogens (tertiary/aromatic N) is 1. The summed E-state index contributed by atoms with van der Waals surface area (Å²) in [6.45, 7) is 0. The fraction of sp³-hybridized carbons (Fsp3) is 0. The number of carbonyl (C=O) groups excluding carboxylic acids is 2. The summed E-state index contributed by atoms with van der Waals surface area (Å²) in [5.74, 6) is -1.30. The molecule has 1 heterocycles. The Morgan fingerprint density at radius 1 is 1.32 bits per heavy atom. The molecule has 0 spiro atoms. The van der Waals surface area contributed by atoms with E-state index in [1.54, 1.807) is 0 Å². The van der Waals surface area contributed by atoms with Crippen molar-refractivity contribution in [2.45, 2.75) is 0 Å². The van der Waals surface area contributed by atoms with Gasteiger partial charge in [0.1, 0.15) is 23.0 Å². The normalized spacial score (nSPS) is 10.0. The molecule has 6 heteroatoms. The Hall–Kier alpha value is -2.27. The SMILES string of the molecule is O=Cc1cccc(C(=O)Oc2ccc(F)cc2Cl)n1. The summed E-state index contributed by atoms with van der Waals surface area (Å²) in [5, 5.41) is -0.0279. The second-order valence-corrected chi connectivity index (χ2v) is 3.94. The molecule has 0 radical (unpaired) electrons. The molecule has 4 nitrogen and oxygen atoms in total. The van der Waals surface area contributed by atoms with E-state index < -0.39 is 11.8 Å². The molecule has 0 aliphatic carbocycles. The minimum atomic E-state index is -0.780. The van der Waals surface area contributed by atoms with E-state index in [0.717, 1.165) is 12.1 Å². The van der Waals surface area contributed by atoms with Crippen LogP contribution in [0.25, 0.3) is 0 Å².